The lowest BCUT2D eigenvalue weighted by Gasteiger charge is -2.18. The molecule has 3 nitrogen and oxygen atoms in total. The van der Waals surface area contributed by atoms with Crippen molar-refractivity contribution in [2.75, 3.05) is 0 Å². The summed E-state index contributed by atoms with van der Waals surface area (Å²) in [4.78, 5) is 12.2. The SMILES string of the molecule is Cc1cccc(-c2cc(C(F)(F)F)c(C#N)c(=O)n2CC(F)(F)F)c1. The number of aryl methyl sites for hydroxylation is 1. The number of hydrogen-bond donors (Lipinski definition) is 0. The standard InChI is InChI=1S/C16H10F6N2O/c1-9-3-2-4-10(5-9)13-6-12(16(20,21)22)11(7-23)14(25)24(13)8-15(17,18)19/h2-6H,8H2,1H3. The van der Waals surface area contributed by atoms with Gasteiger partial charge in [-0.25, -0.2) is 0 Å². The topological polar surface area (TPSA) is 45.8 Å². The Morgan fingerprint density at radius 1 is 1.12 bits per heavy atom. The van der Waals surface area contributed by atoms with Crippen molar-refractivity contribution in [1.29, 1.82) is 5.26 Å². The smallest absolute Gasteiger partial charge is 0.298 e. The van der Waals surface area contributed by atoms with E-state index < -0.39 is 41.3 Å². The van der Waals surface area contributed by atoms with Crippen LogP contribution in [0.25, 0.3) is 11.3 Å². The molecular formula is C16H10F6N2O. The lowest BCUT2D eigenvalue weighted by atomic mass is 10.0. The summed E-state index contributed by atoms with van der Waals surface area (Å²) in [5.74, 6) is 0. The van der Waals surface area contributed by atoms with Crippen LogP contribution in [0.1, 0.15) is 16.7 Å². The largest absolute Gasteiger partial charge is 0.417 e. The molecule has 0 spiro atoms. The fourth-order valence-corrected chi connectivity index (χ4v) is 2.36. The number of halogens is 6. The minimum absolute atomic E-state index is 0.0105. The van der Waals surface area contributed by atoms with Gasteiger partial charge < -0.3 is 0 Å². The van der Waals surface area contributed by atoms with Gasteiger partial charge in [-0.05, 0) is 24.6 Å². The van der Waals surface area contributed by atoms with Crippen LogP contribution in [0.2, 0.25) is 0 Å². The van der Waals surface area contributed by atoms with E-state index in [0.717, 1.165) is 6.07 Å². The van der Waals surface area contributed by atoms with Crippen LogP contribution in [-0.4, -0.2) is 10.7 Å². The molecule has 0 aliphatic carbocycles. The van der Waals surface area contributed by atoms with E-state index in [1.54, 1.807) is 13.0 Å². The van der Waals surface area contributed by atoms with Gasteiger partial charge in [0, 0.05) is 0 Å². The van der Waals surface area contributed by atoms with Crippen molar-refractivity contribution in [2.24, 2.45) is 0 Å². The molecule has 0 aliphatic heterocycles. The van der Waals surface area contributed by atoms with Crippen LogP contribution >= 0.6 is 0 Å². The van der Waals surface area contributed by atoms with Crippen molar-refractivity contribution in [3.63, 3.8) is 0 Å². The molecule has 0 aliphatic rings. The summed E-state index contributed by atoms with van der Waals surface area (Å²) in [5, 5.41) is 8.85. The Labute approximate surface area is 137 Å². The van der Waals surface area contributed by atoms with Crippen molar-refractivity contribution in [3.8, 4) is 17.3 Å². The maximum Gasteiger partial charge on any atom is 0.417 e. The normalized spacial score (nSPS) is 12.1. The zero-order valence-electron chi connectivity index (χ0n) is 12.7. The summed E-state index contributed by atoms with van der Waals surface area (Å²) in [7, 11) is 0. The maximum atomic E-state index is 13.1. The Hall–Kier alpha value is -2.76. The lowest BCUT2D eigenvalue weighted by molar-refractivity contribution is -0.141. The fraction of sp³-hybridized carbons (Fsp3) is 0.250. The Kier molecular flexibility index (Phi) is 4.66. The Bertz CT molecular complexity index is 903. The number of rotatable bonds is 2. The van der Waals surface area contributed by atoms with E-state index >= 15 is 0 Å². The Morgan fingerprint density at radius 2 is 1.76 bits per heavy atom. The van der Waals surface area contributed by atoms with Gasteiger partial charge in [0.25, 0.3) is 5.56 Å². The molecule has 0 saturated heterocycles. The number of pyridine rings is 1. The zero-order chi connectivity index (χ0) is 19.0. The molecule has 1 heterocycles. The maximum absolute atomic E-state index is 13.1. The number of nitriles is 1. The molecule has 0 saturated carbocycles. The highest BCUT2D eigenvalue weighted by Gasteiger charge is 2.38. The van der Waals surface area contributed by atoms with Gasteiger partial charge in [-0.2, -0.15) is 31.6 Å². The van der Waals surface area contributed by atoms with Crippen LogP contribution in [0.15, 0.2) is 35.1 Å². The van der Waals surface area contributed by atoms with Crippen molar-refractivity contribution in [1.82, 2.24) is 4.57 Å². The van der Waals surface area contributed by atoms with Gasteiger partial charge >= 0.3 is 12.4 Å². The van der Waals surface area contributed by atoms with Crippen molar-refractivity contribution < 1.29 is 26.3 Å². The number of alkyl halides is 6. The first-order chi connectivity index (χ1) is 11.4. The summed E-state index contributed by atoms with van der Waals surface area (Å²) in [6.45, 7) is -0.202. The molecule has 1 aromatic heterocycles. The number of hydrogen-bond acceptors (Lipinski definition) is 2. The first-order valence-electron chi connectivity index (χ1n) is 6.83. The Morgan fingerprint density at radius 3 is 2.24 bits per heavy atom. The minimum Gasteiger partial charge on any atom is -0.298 e. The minimum atomic E-state index is -5.06. The van der Waals surface area contributed by atoms with Crippen molar-refractivity contribution in [2.45, 2.75) is 25.8 Å². The van der Waals surface area contributed by atoms with E-state index in [2.05, 4.69) is 0 Å². The molecule has 0 atom stereocenters. The quantitative estimate of drug-likeness (QED) is 0.751. The molecule has 0 amide bonds. The molecule has 0 bridgehead atoms. The molecular weight excluding hydrogens is 350 g/mol. The van der Waals surface area contributed by atoms with Gasteiger partial charge in [0.05, 0.1) is 11.3 Å². The third-order valence-electron chi connectivity index (χ3n) is 3.37. The molecule has 0 fully saturated rings. The summed E-state index contributed by atoms with van der Waals surface area (Å²) >= 11 is 0. The molecule has 2 rings (SSSR count). The molecule has 0 N–H and O–H groups in total. The van der Waals surface area contributed by atoms with Gasteiger partial charge in [0.1, 0.15) is 18.2 Å². The summed E-state index contributed by atoms with van der Waals surface area (Å²) in [6.07, 6.45) is -9.91. The van der Waals surface area contributed by atoms with E-state index in [1.807, 2.05) is 0 Å². The van der Waals surface area contributed by atoms with Crippen LogP contribution in [-0.2, 0) is 12.7 Å². The van der Waals surface area contributed by atoms with Gasteiger partial charge in [-0.3, -0.25) is 9.36 Å². The van der Waals surface area contributed by atoms with Crippen LogP contribution in [0.3, 0.4) is 0 Å². The predicted molar refractivity (Wildman–Crippen MR) is 76.6 cm³/mol. The second-order valence-electron chi connectivity index (χ2n) is 5.30. The first kappa shape index (κ1) is 18.6. The second-order valence-corrected chi connectivity index (χ2v) is 5.30. The summed E-state index contributed by atoms with van der Waals surface area (Å²) in [5.41, 5.74) is -4.52. The highest BCUT2D eigenvalue weighted by atomic mass is 19.4. The number of aromatic nitrogens is 1. The lowest BCUT2D eigenvalue weighted by Crippen LogP contribution is -2.33. The molecule has 0 radical (unpaired) electrons. The third-order valence-corrected chi connectivity index (χ3v) is 3.37. The van der Waals surface area contributed by atoms with Gasteiger partial charge in [0.15, 0.2) is 0 Å². The van der Waals surface area contributed by atoms with Crippen LogP contribution < -0.4 is 5.56 Å². The molecule has 25 heavy (non-hydrogen) atoms. The molecule has 1 aromatic carbocycles. The van der Waals surface area contributed by atoms with Crippen molar-refractivity contribution >= 4 is 0 Å². The molecule has 0 unspecified atom stereocenters. The highest BCUT2D eigenvalue weighted by molar-refractivity contribution is 5.63. The van der Waals surface area contributed by atoms with E-state index in [0.29, 0.717) is 11.6 Å². The van der Waals surface area contributed by atoms with E-state index in [4.69, 9.17) is 5.26 Å². The van der Waals surface area contributed by atoms with E-state index in [-0.39, 0.29) is 10.1 Å². The van der Waals surface area contributed by atoms with E-state index in [9.17, 15) is 31.1 Å². The van der Waals surface area contributed by atoms with E-state index in [1.165, 1.54) is 18.2 Å². The predicted octanol–water partition coefficient (Wildman–Crippen LogP) is 4.28. The molecule has 132 valence electrons. The average Bonchev–Trinajstić information content (AvgIpc) is 2.46. The van der Waals surface area contributed by atoms with Gasteiger partial charge in [-0.15, -0.1) is 0 Å². The highest BCUT2D eigenvalue weighted by Crippen LogP contribution is 2.34. The summed E-state index contributed by atoms with van der Waals surface area (Å²) < 4.78 is 78.0. The van der Waals surface area contributed by atoms with Crippen LogP contribution in [0, 0.1) is 18.3 Å². The van der Waals surface area contributed by atoms with Crippen LogP contribution in [0.4, 0.5) is 26.3 Å². The van der Waals surface area contributed by atoms with Crippen molar-refractivity contribution in [3.05, 3.63) is 57.4 Å². The monoisotopic (exact) mass is 360 g/mol. The zero-order valence-corrected chi connectivity index (χ0v) is 12.7. The fourth-order valence-electron chi connectivity index (χ4n) is 2.36. The van der Waals surface area contributed by atoms with Crippen LogP contribution in [0.5, 0.6) is 0 Å². The molecule has 2 aromatic rings. The number of nitrogens with zero attached hydrogens (tertiary/aromatic N) is 2. The second kappa shape index (κ2) is 6.27. The third kappa shape index (κ3) is 4.02. The first-order valence-corrected chi connectivity index (χ1v) is 6.83. The number of benzene rings is 1. The average molecular weight is 360 g/mol. The van der Waals surface area contributed by atoms with Gasteiger partial charge in [-0.1, -0.05) is 23.8 Å². The molecule has 9 heteroatoms. The Balaban J connectivity index is 2.90. The van der Waals surface area contributed by atoms with Gasteiger partial charge in [0.2, 0.25) is 0 Å². The summed E-state index contributed by atoms with van der Waals surface area (Å²) in [6, 6.07) is 7.16.